The maximum absolute atomic E-state index is 11.7. The molecule has 0 aliphatic carbocycles. The minimum absolute atomic E-state index is 0.138. The fraction of sp³-hybridized carbons (Fsp3) is 0.381. The highest BCUT2D eigenvalue weighted by molar-refractivity contribution is 6.30. The average molecular weight is 491 g/mol. The number of non-ortho nitro benzene ring substituents is 1. The summed E-state index contributed by atoms with van der Waals surface area (Å²) in [6, 6.07) is 10.3. The number of aromatic nitrogens is 4. The number of anilines is 1. The van der Waals surface area contributed by atoms with Crippen LogP contribution in [0, 0.1) is 10.1 Å². The van der Waals surface area contributed by atoms with Crippen molar-refractivity contribution in [3.63, 3.8) is 0 Å². The molecule has 12 nitrogen and oxygen atoms in total. The number of nitro benzene ring substituents is 1. The Labute approximate surface area is 199 Å². The first-order valence-electron chi connectivity index (χ1n) is 10.2. The molecular formula is C21H23ClN6O6. The van der Waals surface area contributed by atoms with Crippen molar-refractivity contribution >= 4 is 23.0 Å². The molecule has 0 saturated carbocycles. The monoisotopic (exact) mass is 490 g/mol. The Bertz CT molecular complexity index is 1140. The second kappa shape index (κ2) is 9.50. The molecule has 2 N–H and O–H groups in total. The van der Waals surface area contributed by atoms with E-state index < -0.39 is 29.0 Å². The Balaban J connectivity index is 1.92. The number of methoxy groups -OCH3 is 2. The molecule has 1 aliphatic rings. The summed E-state index contributed by atoms with van der Waals surface area (Å²) >= 11 is 6.10. The van der Waals surface area contributed by atoms with Gasteiger partial charge >= 0.3 is 0 Å². The number of aromatic amines is 1. The van der Waals surface area contributed by atoms with Crippen LogP contribution in [-0.2, 0) is 16.0 Å². The molecule has 0 unspecified atom stereocenters. The lowest BCUT2D eigenvalue weighted by molar-refractivity contribution is -0.385. The molecule has 0 bridgehead atoms. The lowest BCUT2D eigenvalue weighted by Gasteiger charge is -2.49. The van der Waals surface area contributed by atoms with Crippen LogP contribution in [0.4, 0.5) is 11.4 Å². The van der Waals surface area contributed by atoms with Crippen LogP contribution in [0.5, 0.6) is 5.75 Å². The number of aliphatic hydroxyl groups is 1. The van der Waals surface area contributed by atoms with E-state index in [0.29, 0.717) is 27.8 Å². The van der Waals surface area contributed by atoms with Crippen LogP contribution in [-0.4, -0.2) is 62.9 Å². The molecule has 0 radical (unpaired) electrons. The predicted molar refractivity (Wildman–Crippen MR) is 120 cm³/mol. The summed E-state index contributed by atoms with van der Waals surface area (Å²) in [4.78, 5) is 12.9. The summed E-state index contributed by atoms with van der Waals surface area (Å²) in [6.07, 6.45) is -2.22. The second-order valence-electron chi connectivity index (χ2n) is 7.91. The van der Waals surface area contributed by atoms with Crippen molar-refractivity contribution in [2.45, 2.75) is 37.5 Å². The van der Waals surface area contributed by atoms with Crippen LogP contribution < -0.4 is 9.64 Å². The number of nitrogens with zero attached hydrogens (tertiary/aromatic N) is 5. The number of hydrogen-bond acceptors (Lipinski definition) is 10. The summed E-state index contributed by atoms with van der Waals surface area (Å²) < 4.78 is 17.1. The van der Waals surface area contributed by atoms with E-state index in [9.17, 15) is 15.2 Å². The minimum Gasteiger partial charge on any atom is -0.479 e. The van der Waals surface area contributed by atoms with E-state index in [-0.39, 0.29) is 12.2 Å². The first kappa shape index (κ1) is 23.8. The molecule has 0 amide bonds. The van der Waals surface area contributed by atoms with Crippen molar-refractivity contribution in [1.82, 2.24) is 20.6 Å². The number of benzene rings is 2. The summed E-state index contributed by atoms with van der Waals surface area (Å²) in [5.74, 6) is 0.759. The number of aliphatic hydroxyl groups excluding tert-OH is 1. The molecule has 34 heavy (non-hydrogen) atoms. The van der Waals surface area contributed by atoms with E-state index in [2.05, 4.69) is 20.6 Å². The lowest BCUT2D eigenvalue weighted by atomic mass is 9.83. The van der Waals surface area contributed by atoms with Gasteiger partial charge < -0.3 is 24.2 Å². The number of nitrogens with one attached hydrogen (secondary N) is 1. The minimum atomic E-state index is -1.37. The van der Waals surface area contributed by atoms with Crippen LogP contribution in [0.1, 0.15) is 24.4 Å². The Morgan fingerprint density at radius 2 is 2.00 bits per heavy atom. The smallest absolute Gasteiger partial charge is 0.270 e. The highest BCUT2D eigenvalue weighted by Gasteiger charge is 2.54. The van der Waals surface area contributed by atoms with Crippen LogP contribution in [0.2, 0.25) is 5.02 Å². The molecule has 3 atom stereocenters. The molecule has 0 fully saturated rings. The highest BCUT2D eigenvalue weighted by atomic mass is 35.5. The van der Waals surface area contributed by atoms with Crippen molar-refractivity contribution in [2.75, 3.05) is 19.1 Å². The third-order valence-electron chi connectivity index (χ3n) is 5.84. The summed E-state index contributed by atoms with van der Waals surface area (Å²) in [5, 5.41) is 37.7. The molecule has 2 aromatic carbocycles. The number of halogens is 1. The molecule has 3 aromatic rings. The van der Waals surface area contributed by atoms with E-state index in [0.717, 1.165) is 0 Å². The molecular weight excluding hydrogens is 468 g/mol. The van der Waals surface area contributed by atoms with Crippen LogP contribution in [0.3, 0.4) is 0 Å². The van der Waals surface area contributed by atoms with Gasteiger partial charge in [-0.3, -0.25) is 10.1 Å². The van der Waals surface area contributed by atoms with Gasteiger partial charge in [-0.2, -0.15) is 0 Å². The van der Waals surface area contributed by atoms with Gasteiger partial charge in [0.15, 0.2) is 17.7 Å². The largest absolute Gasteiger partial charge is 0.479 e. The van der Waals surface area contributed by atoms with E-state index in [1.807, 2.05) is 4.90 Å². The Kier molecular flexibility index (Phi) is 6.66. The summed E-state index contributed by atoms with van der Waals surface area (Å²) in [7, 11) is 2.88. The lowest BCUT2D eigenvalue weighted by Crippen LogP contribution is -2.62. The topological polar surface area (TPSA) is 149 Å². The van der Waals surface area contributed by atoms with Crippen molar-refractivity contribution in [2.24, 2.45) is 0 Å². The molecule has 1 aliphatic heterocycles. The van der Waals surface area contributed by atoms with Crippen molar-refractivity contribution in [3.05, 3.63) is 69.0 Å². The number of nitro groups is 1. The maximum Gasteiger partial charge on any atom is 0.270 e. The Morgan fingerprint density at radius 3 is 2.59 bits per heavy atom. The van der Waals surface area contributed by atoms with Gasteiger partial charge in [-0.1, -0.05) is 11.6 Å². The highest BCUT2D eigenvalue weighted by Crippen LogP contribution is 2.47. The van der Waals surface area contributed by atoms with Crippen LogP contribution in [0.25, 0.3) is 0 Å². The van der Waals surface area contributed by atoms with E-state index >= 15 is 0 Å². The van der Waals surface area contributed by atoms with Gasteiger partial charge in [0.1, 0.15) is 11.9 Å². The first-order chi connectivity index (χ1) is 16.3. The third kappa shape index (κ3) is 4.28. The number of rotatable bonds is 8. The van der Waals surface area contributed by atoms with Gasteiger partial charge in [0.25, 0.3) is 5.69 Å². The number of tetrazole rings is 1. The molecule has 0 saturated heterocycles. The van der Waals surface area contributed by atoms with Crippen molar-refractivity contribution in [3.8, 4) is 5.75 Å². The third-order valence-corrected chi connectivity index (χ3v) is 6.09. The fourth-order valence-electron chi connectivity index (χ4n) is 4.23. The van der Waals surface area contributed by atoms with Gasteiger partial charge in [-0.15, -0.1) is 5.10 Å². The second-order valence-corrected chi connectivity index (χ2v) is 8.35. The van der Waals surface area contributed by atoms with Gasteiger partial charge in [-0.25, -0.2) is 5.10 Å². The summed E-state index contributed by atoms with van der Waals surface area (Å²) in [6.45, 7) is 1.79. The van der Waals surface area contributed by atoms with Crippen molar-refractivity contribution in [1.29, 1.82) is 0 Å². The molecule has 2 heterocycles. The fourth-order valence-corrected chi connectivity index (χ4v) is 4.36. The van der Waals surface area contributed by atoms with Gasteiger partial charge in [0.05, 0.1) is 17.5 Å². The Morgan fingerprint density at radius 1 is 1.29 bits per heavy atom. The Hall–Kier alpha value is -3.32. The summed E-state index contributed by atoms with van der Waals surface area (Å²) in [5.41, 5.74) is -0.442. The quantitative estimate of drug-likeness (QED) is 0.274. The molecule has 1 aromatic heterocycles. The van der Waals surface area contributed by atoms with E-state index in [1.165, 1.54) is 32.4 Å². The zero-order chi connectivity index (χ0) is 24.5. The molecule has 4 rings (SSSR count). The van der Waals surface area contributed by atoms with Crippen LogP contribution >= 0.6 is 11.6 Å². The number of ether oxygens (including phenoxy) is 3. The zero-order valence-corrected chi connectivity index (χ0v) is 19.3. The van der Waals surface area contributed by atoms with E-state index in [1.54, 1.807) is 31.2 Å². The molecule has 180 valence electrons. The molecule has 13 heteroatoms. The SMILES string of the molecule is COC(OC)[C@@]1(C)Oc2ccc([N+](=O)[O-])cc2[C@@H](N(Cc2nnn[nH]2)c2ccc(Cl)cc2)[C@@H]1O. The van der Waals surface area contributed by atoms with Gasteiger partial charge in [0, 0.05) is 42.6 Å². The first-order valence-corrected chi connectivity index (χ1v) is 10.6. The number of hydrogen-bond donors (Lipinski definition) is 2. The number of H-pyrrole nitrogens is 1. The zero-order valence-electron chi connectivity index (χ0n) is 18.6. The van der Waals surface area contributed by atoms with Crippen molar-refractivity contribution < 1.29 is 24.2 Å². The van der Waals surface area contributed by atoms with Crippen LogP contribution in [0.15, 0.2) is 42.5 Å². The standard InChI is InChI=1S/C21H23ClN6O6/c1-21(20(32-2)33-3)19(29)18(15-10-14(28(30)31)8-9-16(15)34-21)27(11-17-23-25-26-24-17)13-6-4-12(22)5-7-13/h4-10,18-20,29H,11H2,1-3H3,(H,23,24,25,26)/t18-,19+,21+/m1/s1. The van der Waals surface area contributed by atoms with E-state index in [4.69, 9.17) is 25.8 Å². The predicted octanol–water partition coefficient (Wildman–Crippen LogP) is 2.64. The number of fused-ring (bicyclic) bond motifs is 1. The normalized spacial score (nSPS) is 21.7. The average Bonchev–Trinajstić information content (AvgIpc) is 3.33. The molecule has 0 spiro atoms. The van der Waals surface area contributed by atoms with Gasteiger partial charge in [0.2, 0.25) is 0 Å². The van der Waals surface area contributed by atoms with Gasteiger partial charge in [-0.05, 0) is 47.7 Å². The maximum atomic E-state index is 11.7.